The number of esters is 1. The molecule has 0 heterocycles. The van der Waals surface area contributed by atoms with Crippen molar-refractivity contribution in [3.63, 3.8) is 0 Å². The van der Waals surface area contributed by atoms with Crippen LogP contribution in [0.5, 0.6) is 0 Å². The maximum absolute atomic E-state index is 11.9. The Labute approximate surface area is 103 Å². The molecule has 0 spiro atoms. The first kappa shape index (κ1) is 14.5. The van der Waals surface area contributed by atoms with Gasteiger partial charge in [0.15, 0.2) is 0 Å². The number of hydrogen-bond acceptors (Lipinski definition) is 3. The van der Waals surface area contributed by atoms with Gasteiger partial charge in [-0.15, -0.1) is 0 Å². The Bertz CT molecular complexity index is 379. The van der Waals surface area contributed by atoms with E-state index in [1.54, 1.807) is 30.3 Å². The normalized spacial score (nSPS) is 13.1. The number of carbonyl (C=O) groups is 1. The van der Waals surface area contributed by atoms with Gasteiger partial charge in [-0.1, -0.05) is 30.3 Å². The van der Waals surface area contributed by atoms with E-state index < -0.39 is 31.0 Å². The molecule has 0 aliphatic heterocycles. The molecule has 0 aromatic heterocycles. The Balaban J connectivity index is 2.32. The smallest absolute Gasteiger partial charge is 0.389 e. The largest absolute Gasteiger partial charge is 0.460 e. The quantitative estimate of drug-likeness (QED) is 0.828. The molecule has 1 aromatic carbocycles. The van der Waals surface area contributed by atoms with Crippen molar-refractivity contribution in [1.29, 1.82) is 0 Å². The fourth-order valence-electron chi connectivity index (χ4n) is 1.27. The zero-order valence-corrected chi connectivity index (χ0v) is 9.61. The molecule has 1 aromatic rings. The Morgan fingerprint density at radius 3 is 2.44 bits per heavy atom. The Morgan fingerprint density at radius 1 is 1.28 bits per heavy atom. The average molecular weight is 261 g/mol. The van der Waals surface area contributed by atoms with Crippen molar-refractivity contribution >= 4 is 5.97 Å². The topological polar surface area (TPSA) is 52.3 Å². The monoisotopic (exact) mass is 261 g/mol. The van der Waals surface area contributed by atoms with E-state index in [1.807, 2.05) is 0 Å². The van der Waals surface area contributed by atoms with Crippen molar-refractivity contribution in [2.75, 3.05) is 0 Å². The number of carbonyl (C=O) groups excluding carboxylic acids is 1. The van der Waals surface area contributed by atoms with Crippen LogP contribution in [0.4, 0.5) is 13.2 Å². The SMILES string of the molecule is NC(CCC(F)(F)F)C(=O)OCc1ccccc1. The molecule has 1 atom stereocenters. The summed E-state index contributed by atoms with van der Waals surface area (Å²) < 4.78 is 40.6. The summed E-state index contributed by atoms with van der Waals surface area (Å²) in [4.78, 5) is 11.3. The van der Waals surface area contributed by atoms with E-state index in [1.165, 1.54) is 0 Å². The molecule has 0 aliphatic carbocycles. The van der Waals surface area contributed by atoms with Crippen LogP contribution in [0.1, 0.15) is 18.4 Å². The van der Waals surface area contributed by atoms with E-state index in [0.717, 1.165) is 5.56 Å². The van der Waals surface area contributed by atoms with E-state index in [2.05, 4.69) is 0 Å². The van der Waals surface area contributed by atoms with E-state index in [0.29, 0.717) is 0 Å². The third-order valence-electron chi connectivity index (χ3n) is 2.27. The van der Waals surface area contributed by atoms with Crippen molar-refractivity contribution in [2.24, 2.45) is 5.73 Å². The lowest BCUT2D eigenvalue weighted by molar-refractivity contribution is -0.150. The minimum Gasteiger partial charge on any atom is -0.460 e. The molecule has 3 nitrogen and oxygen atoms in total. The minimum absolute atomic E-state index is 0.0133. The summed E-state index contributed by atoms with van der Waals surface area (Å²) >= 11 is 0. The van der Waals surface area contributed by atoms with Gasteiger partial charge in [0.25, 0.3) is 0 Å². The summed E-state index contributed by atoms with van der Waals surface area (Å²) in [5, 5.41) is 0. The van der Waals surface area contributed by atoms with Crippen LogP contribution in [0.25, 0.3) is 0 Å². The van der Waals surface area contributed by atoms with Crippen molar-refractivity contribution in [3.05, 3.63) is 35.9 Å². The third kappa shape index (κ3) is 5.67. The number of nitrogens with two attached hydrogens (primary N) is 1. The van der Waals surface area contributed by atoms with E-state index in [9.17, 15) is 18.0 Å². The molecule has 0 amide bonds. The molecule has 0 aliphatic rings. The van der Waals surface area contributed by atoms with Gasteiger partial charge < -0.3 is 10.5 Å². The van der Waals surface area contributed by atoms with Gasteiger partial charge in [0.1, 0.15) is 12.6 Å². The maximum atomic E-state index is 11.9. The van der Waals surface area contributed by atoms with Gasteiger partial charge in [-0.25, -0.2) is 0 Å². The number of benzene rings is 1. The van der Waals surface area contributed by atoms with Crippen LogP contribution < -0.4 is 5.73 Å². The van der Waals surface area contributed by atoms with Gasteiger partial charge in [0.05, 0.1) is 0 Å². The van der Waals surface area contributed by atoms with Crippen molar-refractivity contribution < 1.29 is 22.7 Å². The molecule has 0 saturated heterocycles. The van der Waals surface area contributed by atoms with Crippen LogP contribution in [0, 0.1) is 0 Å². The lowest BCUT2D eigenvalue weighted by atomic mass is 10.1. The second-order valence-electron chi connectivity index (χ2n) is 3.85. The van der Waals surface area contributed by atoms with Crippen LogP contribution in [0.2, 0.25) is 0 Å². The first-order valence-corrected chi connectivity index (χ1v) is 5.41. The van der Waals surface area contributed by atoms with Gasteiger partial charge in [-0.05, 0) is 12.0 Å². The lowest BCUT2D eigenvalue weighted by Crippen LogP contribution is -2.33. The highest BCUT2D eigenvalue weighted by Gasteiger charge is 2.29. The molecular weight excluding hydrogens is 247 g/mol. The number of ether oxygens (including phenoxy) is 1. The first-order valence-electron chi connectivity index (χ1n) is 5.41. The van der Waals surface area contributed by atoms with E-state index in [4.69, 9.17) is 10.5 Å². The van der Waals surface area contributed by atoms with Gasteiger partial charge in [0.2, 0.25) is 0 Å². The predicted octanol–water partition coefficient (Wildman–Crippen LogP) is 2.40. The van der Waals surface area contributed by atoms with Crippen LogP contribution in [0.3, 0.4) is 0 Å². The Morgan fingerprint density at radius 2 is 1.89 bits per heavy atom. The van der Waals surface area contributed by atoms with E-state index in [-0.39, 0.29) is 6.61 Å². The number of rotatable bonds is 5. The highest BCUT2D eigenvalue weighted by Crippen LogP contribution is 2.22. The summed E-state index contributed by atoms with van der Waals surface area (Å²) in [7, 11) is 0. The van der Waals surface area contributed by atoms with Crippen molar-refractivity contribution in [2.45, 2.75) is 31.7 Å². The third-order valence-corrected chi connectivity index (χ3v) is 2.27. The average Bonchev–Trinajstić information content (AvgIpc) is 2.33. The fraction of sp³-hybridized carbons (Fsp3) is 0.417. The van der Waals surface area contributed by atoms with Crippen LogP contribution in [-0.2, 0) is 16.1 Å². The fourth-order valence-corrected chi connectivity index (χ4v) is 1.27. The molecule has 1 rings (SSSR count). The van der Waals surface area contributed by atoms with Crippen LogP contribution in [0.15, 0.2) is 30.3 Å². The van der Waals surface area contributed by atoms with Gasteiger partial charge in [0, 0.05) is 6.42 Å². The Kier molecular flexibility index (Phi) is 5.15. The Hall–Kier alpha value is -1.56. The molecule has 0 bridgehead atoms. The summed E-state index contributed by atoms with van der Waals surface area (Å²) in [6, 6.07) is 7.60. The van der Waals surface area contributed by atoms with E-state index >= 15 is 0 Å². The van der Waals surface area contributed by atoms with Crippen LogP contribution >= 0.6 is 0 Å². The molecule has 6 heteroatoms. The molecule has 0 saturated carbocycles. The molecular formula is C12H14F3NO2. The molecule has 100 valence electrons. The second kappa shape index (κ2) is 6.39. The van der Waals surface area contributed by atoms with Crippen molar-refractivity contribution in [3.8, 4) is 0 Å². The highest BCUT2D eigenvalue weighted by molar-refractivity contribution is 5.75. The summed E-state index contributed by atoms with van der Waals surface area (Å²) in [5.74, 6) is -0.817. The summed E-state index contributed by atoms with van der Waals surface area (Å²) in [6.07, 6.45) is -5.86. The zero-order valence-electron chi connectivity index (χ0n) is 9.61. The lowest BCUT2D eigenvalue weighted by Gasteiger charge is -2.12. The van der Waals surface area contributed by atoms with Gasteiger partial charge in [-0.2, -0.15) is 13.2 Å². The predicted molar refractivity (Wildman–Crippen MR) is 59.5 cm³/mol. The van der Waals surface area contributed by atoms with Gasteiger partial charge in [-0.3, -0.25) is 4.79 Å². The standard InChI is InChI=1S/C12H14F3NO2/c13-12(14,15)7-6-10(16)11(17)18-8-9-4-2-1-3-5-9/h1-5,10H,6-8,16H2. The number of hydrogen-bond donors (Lipinski definition) is 1. The minimum atomic E-state index is -4.31. The van der Waals surface area contributed by atoms with Gasteiger partial charge >= 0.3 is 12.1 Å². The van der Waals surface area contributed by atoms with Crippen molar-refractivity contribution in [1.82, 2.24) is 0 Å². The highest BCUT2D eigenvalue weighted by atomic mass is 19.4. The number of halogens is 3. The molecule has 18 heavy (non-hydrogen) atoms. The number of alkyl halides is 3. The maximum Gasteiger partial charge on any atom is 0.389 e. The summed E-state index contributed by atoms with van der Waals surface area (Å²) in [5.41, 5.74) is 6.07. The molecule has 1 unspecified atom stereocenters. The molecule has 0 fully saturated rings. The molecule has 2 N–H and O–H groups in total. The zero-order chi connectivity index (χ0) is 13.6. The first-order chi connectivity index (χ1) is 8.38. The summed E-state index contributed by atoms with van der Waals surface area (Å²) in [6.45, 7) is 0.0133. The second-order valence-corrected chi connectivity index (χ2v) is 3.85. The molecule has 0 radical (unpaired) electrons. The van der Waals surface area contributed by atoms with Crippen LogP contribution in [-0.4, -0.2) is 18.2 Å².